The van der Waals surface area contributed by atoms with Crippen LogP contribution in [0.1, 0.15) is 16.7 Å². The molecule has 1 N–H and O–H groups in total. The normalized spacial score (nSPS) is 10.2. The van der Waals surface area contributed by atoms with Gasteiger partial charge >= 0.3 is 5.97 Å². The van der Waals surface area contributed by atoms with E-state index in [2.05, 4.69) is 23.0 Å². The predicted molar refractivity (Wildman–Crippen MR) is 71.1 cm³/mol. The van der Waals surface area contributed by atoms with Gasteiger partial charge in [-0.3, -0.25) is 4.79 Å². The maximum Gasteiger partial charge on any atom is 0.319 e. The zero-order valence-electron chi connectivity index (χ0n) is 11.5. The van der Waals surface area contributed by atoms with E-state index in [0.29, 0.717) is 0 Å². The molecule has 1 aromatic rings. The summed E-state index contributed by atoms with van der Waals surface area (Å²) in [4.78, 5) is 10.9. The van der Waals surface area contributed by atoms with Gasteiger partial charge in [-0.2, -0.15) is 0 Å². The zero-order chi connectivity index (χ0) is 13.5. The first-order valence-corrected chi connectivity index (χ1v) is 6.00. The Morgan fingerprint density at radius 3 is 2.56 bits per heavy atom. The minimum Gasteiger partial charge on any atom is -0.496 e. The van der Waals surface area contributed by atoms with Gasteiger partial charge in [0.05, 0.1) is 20.8 Å². The van der Waals surface area contributed by atoms with Gasteiger partial charge in [-0.15, -0.1) is 0 Å². The minimum absolute atomic E-state index is 0.238. The second kappa shape index (κ2) is 7.01. The number of nitrogens with one attached hydrogen (secondary N) is 1. The van der Waals surface area contributed by atoms with Crippen molar-refractivity contribution in [3.63, 3.8) is 0 Å². The van der Waals surface area contributed by atoms with E-state index in [-0.39, 0.29) is 12.5 Å². The maximum absolute atomic E-state index is 10.9. The molecule has 0 fully saturated rings. The standard InChI is InChI=1S/C14H21NO3/c1-10-8-13(17-3)11(2)7-12(10)5-6-15-9-14(16)18-4/h7-8,15H,5-6,9H2,1-4H3. The zero-order valence-corrected chi connectivity index (χ0v) is 11.5. The van der Waals surface area contributed by atoms with Gasteiger partial charge in [-0.1, -0.05) is 6.07 Å². The Labute approximate surface area is 108 Å². The number of hydrogen-bond acceptors (Lipinski definition) is 4. The molecule has 0 heterocycles. The molecule has 0 aliphatic carbocycles. The van der Waals surface area contributed by atoms with Gasteiger partial charge in [0.1, 0.15) is 5.75 Å². The van der Waals surface area contributed by atoms with Crippen molar-refractivity contribution >= 4 is 5.97 Å². The molecule has 0 spiro atoms. The van der Waals surface area contributed by atoms with Crippen LogP contribution in [0.2, 0.25) is 0 Å². The van der Waals surface area contributed by atoms with Gasteiger partial charge < -0.3 is 14.8 Å². The van der Waals surface area contributed by atoms with Crippen LogP contribution in [-0.4, -0.2) is 33.3 Å². The van der Waals surface area contributed by atoms with Crippen molar-refractivity contribution in [1.29, 1.82) is 0 Å². The summed E-state index contributed by atoms with van der Waals surface area (Å²) in [6.45, 7) is 5.10. The smallest absolute Gasteiger partial charge is 0.319 e. The lowest BCUT2D eigenvalue weighted by Crippen LogP contribution is -2.26. The van der Waals surface area contributed by atoms with Crippen LogP contribution in [0, 0.1) is 13.8 Å². The number of rotatable bonds is 6. The maximum atomic E-state index is 10.9. The van der Waals surface area contributed by atoms with Crippen molar-refractivity contribution in [2.75, 3.05) is 27.3 Å². The average molecular weight is 251 g/mol. The van der Waals surface area contributed by atoms with Crippen LogP contribution >= 0.6 is 0 Å². The third-order valence-corrected chi connectivity index (χ3v) is 2.92. The fraction of sp³-hybridized carbons (Fsp3) is 0.500. The van der Waals surface area contributed by atoms with Gasteiger partial charge in [0.25, 0.3) is 0 Å². The summed E-state index contributed by atoms with van der Waals surface area (Å²) in [5, 5.41) is 3.05. The summed E-state index contributed by atoms with van der Waals surface area (Å²) in [5.74, 6) is 0.677. The molecule has 0 aromatic heterocycles. The summed E-state index contributed by atoms with van der Waals surface area (Å²) in [7, 11) is 3.07. The Morgan fingerprint density at radius 1 is 1.22 bits per heavy atom. The molecule has 0 saturated carbocycles. The number of ether oxygens (including phenoxy) is 2. The van der Waals surface area contributed by atoms with Crippen LogP contribution in [-0.2, 0) is 16.0 Å². The predicted octanol–water partition coefficient (Wildman–Crippen LogP) is 1.62. The molecule has 0 amide bonds. The summed E-state index contributed by atoms with van der Waals surface area (Å²) in [6, 6.07) is 4.18. The number of esters is 1. The van der Waals surface area contributed by atoms with Gasteiger partial charge in [0.15, 0.2) is 0 Å². The SMILES string of the molecule is COC(=O)CNCCc1cc(C)c(OC)cc1C. The van der Waals surface area contributed by atoms with E-state index in [1.54, 1.807) is 7.11 Å². The fourth-order valence-corrected chi connectivity index (χ4v) is 1.82. The Balaban J connectivity index is 2.52. The van der Waals surface area contributed by atoms with E-state index >= 15 is 0 Å². The first-order valence-electron chi connectivity index (χ1n) is 6.00. The molecule has 1 aromatic carbocycles. The summed E-state index contributed by atoms with van der Waals surface area (Å²) in [5.41, 5.74) is 3.61. The Bertz CT molecular complexity index is 416. The quantitative estimate of drug-likeness (QED) is 0.616. The fourth-order valence-electron chi connectivity index (χ4n) is 1.82. The molecule has 0 atom stereocenters. The lowest BCUT2D eigenvalue weighted by atomic mass is 10.0. The number of carbonyl (C=O) groups is 1. The molecule has 4 heteroatoms. The molecule has 0 unspecified atom stereocenters. The highest BCUT2D eigenvalue weighted by atomic mass is 16.5. The van der Waals surface area contributed by atoms with Crippen molar-refractivity contribution in [2.45, 2.75) is 20.3 Å². The number of methoxy groups -OCH3 is 2. The van der Waals surface area contributed by atoms with Gasteiger partial charge in [-0.05, 0) is 49.6 Å². The number of hydrogen-bond donors (Lipinski definition) is 1. The largest absolute Gasteiger partial charge is 0.496 e. The van der Waals surface area contributed by atoms with Crippen LogP contribution in [0.15, 0.2) is 12.1 Å². The molecule has 18 heavy (non-hydrogen) atoms. The van der Waals surface area contributed by atoms with E-state index in [1.807, 2.05) is 13.0 Å². The molecule has 100 valence electrons. The van der Waals surface area contributed by atoms with Crippen LogP contribution < -0.4 is 10.1 Å². The van der Waals surface area contributed by atoms with Crippen LogP contribution in [0.25, 0.3) is 0 Å². The summed E-state index contributed by atoms with van der Waals surface area (Å²) in [6.07, 6.45) is 0.883. The summed E-state index contributed by atoms with van der Waals surface area (Å²) >= 11 is 0. The topological polar surface area (TPSA) is 47.6 Å². The highest BCUT2D eigenvalue weighted by molar-refractivity contribution is 5.71. The molecular formula is C14H21NO3. The van der Waals surface area contributed by atoms with Crippen molar-refractivity contribution in [1.82, 2.24) is 5.32 Å². The number of aryl methyl sites for hydroxylation is 2. The monoisotopic (exact) mass is 251 g/mol. The van der Waals surface area contributed by atoms with Crippen molar-refractivity contribution < 1.29 is 14.3 Å². The lowest BCUT2D eigenvalue weighted by Gasteiger charge is -2.11. The molecular weight excluding hydrogens is 230 g/mol. The second-order valence-electron chi connectivity index (χ2n) is 4.25. The van der Waals surface area contributed by atoms with Crippen molar-refractivity contribution in [2.24, 2.45) is 0 Å². The molecule has 4 nitrogen and oxygen atoms in total. The molecule has 1 rings (SSSR count). The average Bonchev–Trinajstić information content (AvgIpc) is 2.37. The Kier molecular flexibility index (Phi) is 5.65. The van der Waals surface area contributed by atoms with Crippen molar-refractivity contribution in [3.8, 4) is 5.75 Å². The Hall–Kier alpha value is -1.55. The highest BCUT2D eigenvalue weighted by Gasteiger charge is 2.05. The molecule has 0 aliphatic rings. The first-order chi connectivity index (χ1) is 8.58. The summed E-state index contributed by atoms with van der Waals surface area (Å²) < 4.78 is 9.83. The van der Waals surface area contributed by atoms with Gasteiger partial charge in [0, 0.05) is 0 Å². The van der Waals surface area contributed by atoms with Crippen molar-refractivity contribution in [3.05, 3.63) is 28.8 Å². The van der Waals surface area contributed by atoms with E-state index in [9.17, 15) is 4.79 Å². The van der Waals surface area contributed by atoms with Crippen LogP contribution in [0.4, 0.5) is 0 Å². The third-order valence-electron chi connectivity index (χ3n) is 2.92. The van der Waals surface area contributed by atoms with E-state index < -0.39 is 0 Å². The lowest BCUT2D eigenvalue weighted by molar-refractivity contribution is -0.139. The molecule has 0 radical (unpaired) electrons. The van der Waals surface area contributed by atoms with E-state index in [1.165, 1.54) is 18.2 Å². The third kappa shape index (κ3) is 4.04. The molecule has 0 aliphatic heterocycles. The molecule has 0 bridgehead atoms. The van der Waals surface area contributed by atoms with E-state index in [0.717, 1.165) is 24.3 Å². The minimum atomic E-state index is -0.238. The number of benzene rings is 1. The number of carbonyl (C=O) groups excluding carboxylic acids is 1. The van der Waals surface area contributed by atoms with E-state index in [4.69, 9.17) is 4.74 Å². The van der Waals surface area contributed by atoms with Gasteiger partial charge in [0.2, 0.25) is 0 Å². The second-order valence-corrected chi connectivity index (χ2v) is 4.25. The van der Waals surface area contributed by atoms with Crippen LogP contribution in [0.5, 0.6) is 5.75 Å². The Morgan fingerprint density at radius 2 is 1.94 bits per heavy atom. The van der Waals surface area contributed by atoms with Gasteiger partial charge in [-0.25, -0.2) is 0 Å². The highest BCUT2D eigenvalue weighted by Crippen LogP contribution is 2.22. The first kappa shape index (κ1) is 14.5. The molecule has 0 saturated heterocycles. The van der Waals surface area contributed by atoms with Crippen LogP contribution in [0.3, 0.4) is 0 Å².